The molecular formula is C10H19N3O2. The second-order valence-corrected chi connectivity index (χ2v) is 3.36. The van der Waals surface area contributed by atoms with Crippen molar-refractivity contribution in [3.05, 3.63) is 11.9 Å². The Bertz CT molecular complexity index is 318. The molecule has 5 nitrogen and oxygen atoms in total. The standard InChI is InChI=1S/C8H13N3O2.C2H6/c1-6-5-11(10-9-6)8(2,3)7(12)13-4;1-2/h5H,1-4H3;1-2H3. The molecule has 86 valence electrons. The molecule has 0 aliphatic heterocycles. The lowest BCUT2D eigenvalue weighted by molar-refractivity contribution is -0.150. The third-order valence-electron chi connectivity index (χ3n) is 1.87. The van der Waals surface area contributed by atoms with Crippen LogP contribution in [-0.4, -0.2) is 28.1 Å². The van der Waals surface area contributed by atoms with Crippen LogP contribution in [-0.2, 0) is 15.1 Å². The largest absolute Gasteiger partial charge is 0.467 e. The van der Waals surface area contributed by atoms with Gasteiger partial charge in [0.1, 0.15) is 0 Å². The van der Waals surface area contributed by atoms with E-state index in [1.54, 1.807) is 20.0 Å². The van der Waals surface area contributed by atoms with Crippen molar-refractivity contribution >= 4 is 5.97 Å². The second-order valence-electron chi connectivity index (χ2n) is 3.36. The summed E-state index contributed by atoms with van der Waals surface area (Å²) in [7, 11) is 1.36. The molecule has 0 aromatic carbocycles. The molecule has 0 amide bonds. The number of hydrogen-bond donors (Lipinski definition) is 0. The molecule has 0 saturated heterocycles. The summed E-state index contributed by atoms with van der Waals surface area (Å²) < 4.78 is 6.15. The van der Waals surface area contributed by atoms with Crippen molar-refractivity contribution in [1.29, 1.82) is 0 Å². The minimum Gasteiger partial charge on any atom is -0.467 e. The Balaban J connectivity index is 0.000000921. The summed E-state index contributed by atoms with van der Waals surface area (Å²) in [5.74, 6) is -0.336. The Labute approximate surface area is 90.4 Å². The first kappa shape index (κ1) is 13.6. The quantitative estimate of drug-likeness (QED) is 0.699. The van der Waals surface area contributed by atoms with Crippen molar-refractivity contribution in [3.8, 4) is 0 Å². The van der Waals surface area contributed by atoms with E-state index in [0.29, 0.717) is 0 Å². The molecule has 5 heteroatoms. The number of methoxy groups -OCH3 is 1. The fourth-order valence-corrected chi connectivity index (χ4v) is 0.964. The van der Waals surface area contributed by atoms with Gasteiger partial charge in [-0.2, -0.15) is 0 Å². The number of rotatable bonds is 2. The lowest BCUT2D eigenvalue weighted by Gasteiger charge is -2.20. The molecule has 0 fully saturated rings. The van der Waals surface area contributed by atoms with Crippen LogP contribution in [0.15, 0.2) is 6.20 Å². The molecule has 0 aliphatic rings. The Morgan fingerprint density at radius 3 is 2.33 bits per heavy atom. The average Bonchev–Trinajstić information content (AvgIpc) is 2.67. The predicted molar refractivity (Wildman–Crippen MR) is 57.4 cm³/mol. The third kappa shape index (κ3) is 3.04. The molecule has 1 aromatic heterocycles. The van der Waals surface area contributed by atoms with Crippen LogP contribution in [0.4, 0.5) is 0 Å². The van der Waals surface area contributed by atoms with Gasteiger partial charge in [0.2, 0.25) is 0 Å². The number of carbonyl (C=O) groups excluding carboxylic acids is 1. The average molecular weight is 213 g/mol. The highest BCUT2D eigenvalue weighted by molar-refractivity contribution is 5.77. The molecule has 0 unspecified atom stereocenters. The second kappa shape index (κ2) is 5.48. The van der Waals surface area contributed by atoms with E-state index >= 15 is 0 Å². The fraction of sp³-hybridized carbons (Fsp3) is 0.700. The first-order valence-corrected chi connectivity index (χ1v) is 4.96. The zero-order valence-electron chi connectivity index (χ0n) is 10.2. The van der Waals surface area contributed by atoms with E-state index in [-0.39, 0.29) is 5.97 Å². The van der Waals surface area contributed by atoms with E-state index < -0.39 is 5.54 Å². The van der Waals surface area contributed by atoms with Gasteiger partial charge in [-0.25, -0.2) is 9.48 Å². The molecule has 0 aliphatic carbocycles. The molecule has 0 radical (unpaired) electrons. The van der Waals surface area contributed by atoms with Crippen LogP contribution >= 0.6 is 0 Å². The van der Waals surface area contributed by atoms with Crippen molar-refractivity contribution in [3.63, 3.8) is 0 Å². The molecule has 0 atom stereocenters. The summed E-state index contributed by atoms with van der Waals surface area (Å²) in [4.78, 5) is 11.3. The SMILES string of the molecule is CC.COC(=O)C(C)(C)n1cc(C)nn1. The predicted octanol–water partition coefficient (Wildman–Crippen LogP) is 1.52. The molecule has 1 aromatic rings. The van der Waals surface area contributed by atoms with Crippen molar-refractivity contribution < 1.29 is 9.53 Å². The van der Waals surface area contributed by atoms with Crippen LogP contribution in [0.2, 0.25) is 0 Å². The Morgan fingerprint density at radius 2 is 2.00 bits per heavy atom. The first-order valence-electron chi connectivity index (χ1n) is 4.96. The van der Waals surface area contributed by atoms with Gasteiger partial charge >= 0.3 is 5.97 Å². The molecule has 0 N–H and O–H groups in total. The Hall–Kier alpha value is -1.39. The number of hydrogen-bond acceptors (Lipinski definition) is 4. The highest BCUT2D eigenvalue weighted by Gasteiger charge is 2.31. The zero-order chi connectivity index (χ0) is 12.1. The van der Waals surface area contributed by atoms with Crippen LogP contribution in [0.1, 0.15) is 33.4 Å². The summed E-state index contributed by atoms with van der Waals surface area (Å²) >= 11 is 0. The van der Waals surface area contributed by atoms with Crippen molar-refractivity contribution in [1.82, 2.24) is 15.0 Å². The van der Waals surface area contributed by atoms with E-state index in [1.807, 2.05) is 20.8 Å². The third-order valence-corrected chi connectivity index (χ3v) is 1.87. The molecule has 1 rings (SSSR count). The molecule has 0 spiro atoms. The Morgan fingerprint density at radius 1 is 1.47 bits per heavy atom. The lowest BCUT2D eigenvalue weighted by Crippen LogP contribution is -2.37. The maximum Gasteiger partial charge on any atom is 0.333 e. The van der Waals surface area contributed by atoms with Gasteiger partial charge in [-0.05, 0) is 20.8 Å². The molecular weight excluding hydrogens is 194 g/mol. The number of aromatic nitrogens is 3. The van der Waals surface area contributed by atoms with Gasteiger partial charge in [0.15, 0.2) is 5.54 Å². The van der Waals surface area contributed by atoms with Crippen molar-refractivity contribution in [2.45, 2.75) is 40.2 Å². The van der Waals surface area contributed by atoms with Crippen LogP contribution in [0.25, 0.3) is 0 Å². The minimum absolute atomic E-state index is 0.336. The van der Waals surface area contributed by atoms with E-state index in [9.17, 15) is 4.79 Å². The van der Waals surface area contributed by atoms with Gasteiger partial charge in [-0.3, -0.25) is 0 Å². The first-order chi connectivity index (χ1) is 6.98. The van der Waals surface area contributed by atoms with E-state index in [2.05, 4.69) is 15.0 Å². The van der Waals surface area contributed by atoms with Gasteiger partial charge in [0.05, 0.1) is 12.8 Å². The monoisotopic (exact) mass is 213 g/mol. The summed E-state index contributed by atoms with van der Waals surface area (Å²) in [5.41, 5.74) is -0.0206. The maximum atomic E-state index is 11.3. The van der Waals surface area contributed by atoms with Crippen LogP contribution in [0.3, 0.4) is 0 Å². The molecule has 0 bridgehead atoms. The summed E-state index contributed by atoms with van der Waals surface area (Å²) in [5, 5.41) is 7.63. The Kier molecular flexibility index (Phi) is 4.97. The van der Waals surface area contributed by atoms with Crippen LogP contribution < -0.4 is 0 Å². The van der Waals surface area contributed by atoms with E-state index in [0.717, 1.165) is 5.69 Å². The minimum atomic E-state index is -0.796. The molecule has 15 heavy (non-hydrogen) atoms. The molecule has 1 heterocycles. The summed E-state index contributed by atoms with van der Waals surface area (Å²) in [6.07, 6.45) is 1.71. The van der Waals surface area contributed by atoms with Gasteiger partial charge in [0.25, 0.3) is 0 Å². The summed E-state index contributed by atoms with van der Waals surface area (Å²) in [6, 6.07) is 0. The highest BCUT2D eigenvalue weighted by atomic mass is 16.5. The van der Waals surface area contributed by atoms with Gasteiger partial charge < -0.3 is 4.74 Å². The van der Waals surface area contributed by atoms with Crippen LogP contribution in [0.5, 0.6) is 0 Å². The topological polar surface area (TPSA) is 57.0 Å². The number of nitrogens with zero attached hydrogens (tertiary/aromatic N) is 3. The highest BCUT2D eigenvalue weighted by Crippen LogP contribution is 2.15. The lowest BCUT2D eigenvalue weighted by atomic mass is 10.1. The van der Waals surface area contributed by atoms with Crippen molar-refractivity contribution in [2.75, 3.05) is 7.11 Å². The van der Waals surface area contributed by atoms with Gasteiger partial charge in [-0.15, -0.1) is 5.10 Å². The van der Waals surface area contributed by atoms with Crippen molar-refractivity contribution in [2.24, 2.45) is 0 Å². The number of aryl methyl sites for hydroxylation is 1. The van der Waals surface area contributed by atoms with E-state index in [1.165, 1.54) is 11.8 Å². The number of esters is 1. The number of ether oxygens (including phenoxy) is 1. The zero-order valence-corrected chi connectivity index (χ0v) is 10.2. The molecule has 0 saturated carbocycles. The van der Waals surface area contributed by atoms with Gasteiger partial charge in [0, 0.05) is 6.20 Å². The normalized spacial score (nSPS) is 10.3. The summed E-state index contributed by atoms with van der Waals surface area (Å²) in [6.45, 7) is 9.27. The number of carbonyl (C=O) groups is 1. The smallest absolute Gasteiger partial charge is 0.333 e. The maximum absolute atomic E-state index is 11.3. The van der Waals surface area contributed by atoms with Crippen LogP contribution in [0, 0.1) is 6.92 Å². The van der Waals surface area contributed by atoms with Gasteiger partial charge in [-0.1, -0.05) is 19.1 Å². The van der Waals surface area contributed by atoms with E-state index in [4.69, 9.17) is 0 Å². The fourth-order valence-electron chi connectivity index (χ4n) is 0.964.